The molecule has 1 atom stereocenters. The molecule has 0 aromatic heterocycles. The molecule has 0 heterocycles. The Balaban J connectivity index is 0. The standard InChI is InChI=1S/C16H34.C2H6/c1-10-16(9,12-14(4,5)6)15(7,8)11-13(2)3;1-2/h13H,10-12H2,1-9H3;1-2H3. The lowest BCUT2D eigenvalue weighted by atomic mass is 9.57. The molecule has 0 saturated carbocycles. The van der Waals surface area contributed by atoms with Gasteiger partial charge < -0.3 is 0 Å². The van der Waals surface area contributed by atoms with Crippen LogP contribution in [-0.2, 0) is 0 Å². The van der Waals surface area contributed by atoms with E-state index in [9.17, 15) is 0 Å². The molecule has 0 saturated heterocycles. The average molecular weight is 257 g/mol. The van der Waals surface area contributed by atoms with Crippen molar-refractivity contribution in [2.45, 2.75) is 95.4 Å². The molecule has 0 aliphatic heterocycles. The molecule has 0 aromatic carbocycles. The van der Waals surface area contributed by atoms with E-state index in [0.717, 1.165) is 5.92 Å². The zero-order valence-corrected chi connectivity index (χ0v) is 15.2. The number of rotatable bonds is 5. The van der Waals surface area contributed by atoms with Gasteiger partial charge in [-0.25, -0.2) is 0 Å². The Kier molecular flexibility index (Phi) is 8.53. The average Bonchev–Trinajstić information content (AvgIpc) is 2.16. The van der Waals surface area contributed by atoms with Crippen molar-refractivity contribution in [2.24, 2.45) is 22.2 Å². The molecule has 1 unspecified atom stereocenters. The topological polar surface area (TPSA) is 0 Å². The van der Waals surface area contributed by atoms with E-state index >= 15 is 0 Å². The summed E-state index contributed by atoms with van der Waals surface area (Å²) in [7, 11) is 0. The van der Waals surface area contributed by atoms with Crippen LogP contribution < -0.4 is 0 Å². The third-order valence-electron chi connectivity index (χ3n) is 4.25. The minimum absolute atomic E-state index is 0.430. The van der Waals surface area contributed by atoms with Gasteiger partial charge in [0.05, 0.1) is 0 Å². The summed E-state index contributed by atoms with van der Waals surface area (Å²) in [6.45, 7) is 25.5. The van der Waals surface area contributed by atoms with Gasteiger partial charge in [0.15, 0.2) is 0 Å². The maximum absolute atomic E-state index is 2.49. The number of hydrogen-bond acceptors (Lipinski definition) is 0. The van der Waals surface area contributed by atoms with E-state index in [1.54, 1.807) is 0 Å². The normalized spacial score (nSPS) is 16.0. The summed E-state index contributed by atoms with van der Waals surface area (Å²) in [6, 6.07) is 0. The lowest BCUT2D eigenvalue weighted by molar-refractivity contribution is 0.0188. The molecule has 0 aromatic rings. The van der Waals surface area contributed by atoms with Gasteiger partial charge in [-0.05, 0) is 35.0 Å². The molecule has 18 heavy (non-hydrogen) atoms. The molecule has 0 aliphatic carbocycles. The van der Waals surface area contributed by atoms with Crippen molar-refractivity contribution < 1.29 is 0 Å². The van der Waals surface area contributed by atoms with Crippen LogP contribution in [-0.4, -0.2) is 0 Å². The van der Waals surface area contributed by atoms with Crippen molar-refractivity contribution in [2.75, 3.05) is 0 Å². The molecule has 0 radical (unpaired) electrons. The van der Waals surface area contributed by atoms with Crippen LogP contribution in [0.25, 0.3) is 0 Å². The molecule has 0 rings (SSSR count). The minimum atomic E-state index is 0.430. The van der Waals surface area contributed by atoms with Crippen LogP contribution in [0.3, 0.4) is 0 Å². The van der Waals surface area contributed by atoms with Crippen LogP contribution in [0.2, 0.25) is 0 Å². The van der Waals surface area contributed by atoms with Gasteiger partial charge in [-0.3, -0.25) is 0 Å². The molecular formula is C18H40. The summed E-state index contributed by atoms with van der Waals surface area (Å²) in [5.41, 5.74) is 1.32. The van der Waals surface area contributed by atoms with E-state index in [1.165, 1.54) is 19.3 Å². The second-order valence-corrected chi connectivity index (χ2v) is 8.13. The van der Waals surface area contributed by atoms with Gasteiger partial charge in [-0.1, -0.05) is 82.6 Å². The molecule has 0 spiro atoms. The fourth-order valence-electron chi connectivity index (χ4n) is 3.28. The first-order chi connectivity index (χ1) is 7.93. The zero-order chi connectivity index (χ0) is 15.2. The molecule has 0 heteroatoms. The van der Waals surface area contributed by atoms with Gasteiger partial charge >= 0.3 is 0 Å². The smallest absolute Gasteiger partial charge is 0.0272 e. The third-order valence-corrected chi connectivity index (χ3v) is 4.25. The second-order valence-electron chi connectivity index (χ2n) is 8.13. The lowest BCUT2D eigenvalue weighted by Crippen LogP contribution is -2.38. The fourth-order valence-corrected chi connectivity index (χ4v) is 3.28. The maximum atomic E-state index is 2.49. The molecule has 0 bridgehead atoms. The van der Waals surface area contributed by atoms with E-state index < -0.39 is 0 Å². The SMILES string of the molecule is CC.CCC(C)(CC(C)(C)C)C(C)(C)CC(C)C. The van der Waals surface area contributed by atoms with E-state index in [1.807, 2.05) is 13.8 Å². The largest absolute Gasteiger partial charge is 0.0683 e. The van der Waals surface area contributed by atoms with Crippen LogP contribution >= 0.6 is 0 Å². The Morgan fingerprint density at radius 1 is 0.833 bits per heavy atom. The molecule has 0 fully saturated rings. The summed E-state index contributed by atoms with van der Waals surface area (Å²) < 4.78 is 0. The Morgan fingerprint density at radius 2 is 1.22 bits per heavy atom. The monoisotopic (exact) mass is 256 g/mol. The van der Waals surface area contributed by atoms with Gasteiger partial charge in [-0.15, -0.1) is 0 Å². The predicted octanol–water partition coefficient (Wildman–Crippen LogP) is 6.94. The van der Waals surface area contributed by atoms with Gasteiger partial charge in [0.2, 0.25) is 0 Å². The van der Waals surface area contributed by atoms with Crippen LogP contribution in [0.5, 0.6) is 0 Å². The Bertz CT molecular complexity index is 205. The maximum Gasteiger partial charge on any atom is -0.0272 e. The fraction of sp³-hybridized carbons (Fsp3) is 1.00. The van der Waals surface area contributed by atoms with Crippen molar-refractivity contribution in [3.05, 3.63) is 0 Å². The van der Waals surface area contributed by atoms with E-state index in [-0.39, 0.29) is 0 Å². The molecule has 112 valence electrons. The van der Waals surface area contributed by atoms with Crippen molar-refractivity contribution >= 4 is 0 Å². The van der Waals surface area contributed by atoms with Crippen LogP contribution in [0, 0.1) is 22.2 Å². The first kappa shape index (κ1) is 20.3. The van der Waals surface area contributed by atoms with Gasteiger partial charge in [0.25, 0.3) is 0 Å². The molecule has 0 N–H and O–H groups in total. The van der Waals surface area contributed by atoms with Gasteiger partial charge in [-0.2, -0.15) is 0 Å². The minimum Gasteiger partial charge on any atom is -0.0683 e. The van der Waals surface area contributed by atoms with Crippen molar-refractivity contribution in [3.8, 4) is 0 Å². The van der Waals surface area contributed by atoms with Crippen LogP contribution in [0.15, 0.2) is 0 Å². The quantitative estimate of drug-likeness (QED) is 0.500. The van der Waals surface area contributed by atoms with Crippen molar-refractivity contribution in [1.82, 2.24) is 0 Å². The highest BCUT2D eigenvalue weighted by molar-refractivity contribution is 4.91. The summed E-state index contributed by atoms with van der Waals surface area (Å²) in [4.78, 5) is 0. The highest BCUT2D eigenvalue weighted by Gasteiger charge is 2.41. The predicted molar refractivity (Wildman–Crippen MR) is 87.1 cm³/mol. The lowest BCUT2D eigenvalue weighted by Gasteiger charge is -2.48. The molecular weight excluding hydrogens is 216 g/mol. The summed E-state index contributed by atoms with van der Waals surface area (Å²) >= 11 is 0. The van der Waals surface area contributed by atoms with E-state index in [2.05, 4.69) is 62.3 Å². The van der Waals surface area contributed by atoms with Crippen molar-refractivity contribution in [1.29, 1.82) is 0 Å². The summed E-state index contributed by atoms with van der Waals surface area (Å²) in [5.74, 6) is 0.792. The summed E-state index contributed by atoms with van der Waals surface area (Å²) in [5, 5.41) is 0. The van der Waals surface area contributed by atoms with Gasteiger partial charge in [0.1, 0.15) is 0 Å². The highest BCUT2D eigenvalue weighted by atomic mass is 14.5. The Morgan fingerprint density at radius 3 is 1.44 bits per heavy atom. The molecule has 0 amide bonds. The third kappa shape index (κ3) is 6.81. The van der Waals surface area contributed by atoms with Gasteiger partial charge in [0, 0.05) is 0 Å². The highest BCUT2D eigenvalue weighted by Crippen LogP contribution is 2.51. The summed E-state index contributed by atoms with van der Waals surface area (Å²) in [6.07, 6.45) is 3.92. The van der Waals surface area contributed by atoms with E-state index in [0.29, 0.717) is 16.2 Å². The van der Waals surface area contributed by atoms with E-state index in [4.69, 9.17) is 0 Å². The zero-order valence-electron chi connectivity index (χ0n) is 15.2. The second kappa shape index (κ2) is 7.56. The first-order valence-corrected chi connectivity index (χ1v) is 7.93. The Hall–Kier alpha value is 0. The van der Waals surface area contributed by atoms with Crippen LogP contribution in [0.1, 0.15) is 95.4 Å². The molecule has 0 nitrogen and oxygen atoms in total. The first-order valence-electron chi connectivity index (χ1n) is 7.93. The van der Waals surface area contributed by atoms with Crippen molar-refractivity contribution in [3.63, 3.8) is 0 Å². The molecule has 0 aliphatic rings. The Labute approximate surface area is 118 Å². The van der Waals surface area contributed by atoms with Crippen LogP contribution in [0.4, 0.5) is 0 Å². The number of hydrogen-bond donors (Lipinski definition) is 0.